The third-order valence-corrected chi connectivity index (χ3v) is 5.72. The molecule has 15 heteroatoms. The van der Waals surface area contributed by atoms with Gasteiger partial charge in [0, 0.05) is 30.2 Å². The summed E-state index contributed by atoms with van der Waals surface area (Å²) in [5, 5.41) is 42.0. The van der Waals surface area contributed by atoms with E-state index >= 15 is 0 Å². The van der Waals surface area contributed by atoms with Gasteiger partial charge in [0.2, 0.25) is 11.7 Å². The standard InChI is InChI=1S/C26H26N2O13/c1-11(24(34)28-14(25(35)36)4-5-21(32)33)27-26(37)41-23-19(38-2)6-12(7-20(23)39-3)17-10-16(31)22-15(30)8-13(29)9-18(22)40-17/h6-11,14,29-30H,4-5H2,1-3H3,(H,27,37)(H,28,34)(H,32,33)(H,35,36)/t11-,14?/m0/s1. The first-order chi connectivity index (χ1) is 19.3. The van der Waals surface area contributed by atoms with E-state index in [4.69, 9.17) is 23.7 Å². The van der Waals surface area contributed by atoms with Gasteiger partial charge in [-0.2, -0.15) is 0 Å². The molecule has 15 nitrogen and oxygen atoms in total. The number of phenols is 2. The highest BCUT2D eigenvalue weighted by Crippen LogP contribution is 2.42. The smallest absolute Gasteiger partial charge is 0.413 e. The Kier molecular flexibility index (Phi) is 9.24. The predicted octanol–water partition coefficient (Wildman–Crippen LogP) is 1.80. The topological polar surface area (TPSA) is 231 Å². The molecule has 0 spiro atoms. The van der Waals surface area contributed by atoms with E-state index in [0.717, 1.165) is 18.2 Å². The van der Waals surface area contributed by atoms with Crippen LogP contribution >= 0.6 is 0 Å². The van der Waals surface area contributed by atoms with Crippen LogP contribution in [0.2, 0.25) is 0 Å². The molecule has 3 aromatic rings. The maximum absolute atomic E-state index is 12.6. The minimum absolute atomic E-state index is 0.00118. The number of hydrogen-bond acceptors (Lipinski definition) is 11. The molecule has 1 aromatic heterocycles. The lowest BCUT2D eigenvalue weighted by molar-refractivity contribution is -0.143. The van der Waals surface area contributed by atoms with E-state index in [2.05, 4.69) is 10.6 Å². The van der Waals surface area contributed by atoms with E-state index in [1.165, 1.54) is 33.3 Å². The van der Waals surface area contributed by atoms with Gasteiger partial charge in [-0.1, -0.05) is 0 Å². The first kappa shape index (κ1) is 30.1. The zero-order valence-corrected chi connectivity index (χ0v) is 21.9. The van der Waals surface area contributed by atoms with E-state index in [1.807, 2.05) is 0 Å². The number of benzene rings is 2. The molecule has 2 aromatic carbocycles. The molecular weight excluding hydrogens is 548 g/mol. The molecular formula is C26H26N2O13. The maximum atomic E-state index is 12.6. The van der Waals surface area contributed by atoms with Crippen molar-refractivity contribution < 1.29 is 58.2 Å². The fraction of sp³-hybridized carbons (Fsp3) is 0.269. The number of hydrogen-bond donors (Lipinski definition) is 6. The average molecular weight is 574 g/mol. The molecule has 1 heterocycles. The number of aliphatic carboxylic acids is 2. The van der Waals surface area contributed by atoms with Crippen molar-refractivity contribution in [2.45, 2.75) is 31.8 Å². The number of rotatable bonds is 11. The molecule has 1 unspecified atom stereocenters. The Hall–Kier alpha value is -5.47. The van der Waals surface area contributed by atoms with Gasteiger partial charge < -0.3 is 49.7 Å². The Labute approximate surface area is 230 Å². The molecule has 6 N–H and O–H groups in total. The summed E-state index contributed by atoms with van der Waals surface area (Å²) < 4.78 is 21.6. The van der Waals surface area contributed by atoms with Crippen molar-refractivity contribution >= 4 is 34.9 Å². The van der Waals surface area contributed by atoms with Crippen LogP contribution < -0.4 is 30.3 Å². The summed E-state index contributed by atoms with van der Waals surface area (Å²) in [5.74, 6) is -4.70. The second-order valence-electron chi connectivity index (χ2n) is 8.61. The number of aromatic hydroxyl groups is 2. The fourth-order valence-electron chi connectivity index (χ4n) is 3.71. The Morgan fingerprint density at radius 1 is 0.951 bits per heavy atom. The largest absolute Gasteiger partial charge is 0.508 e. The van der Waals surface area contributed by atoms with Crippen LogP contribution in [0.1, 0.15) is 19.8 Å². The summed E-state index contributed by atoms with van der Waals surface area (Å²) in [5.41, 5.74) is -0.457. The number of fused-ring (bicyclic) bond motifs is 1. The number of phenolic OH excluding ortho intramolecular Hbond substituents is 2. The molecule has 0 radical (unpaired) electrons. The van der Waals surface area contributed by atoms with Gasteiger partial charge in [-0.3, -0.25) is 14.4 Å². The van der Waals surface area contributed by atoms with Gasteiger partial charge in [-0.05, 0) is 25.5 Å². The molecule has 41 heavy (non-hydrogen) atoms. The Morgan fingerprint density at radius 2 is 1.59 bits per heavy atom. The zero-order chi connectivity index (χ0) is 30.4. The molecule has 0 aliphatic rings. The second kappa shape index (κ2) is 12.6. The lowest BCUT2D eigenvalue weighted by Crippen LogP contribution is -2.50. The van der Waals surface area contributed by atoms with Crippen LogP contribution in [-0.4, -0.2) is 70.7 Å². The molecule has 0 saturated carbocycles. The number of methoxy groups -OCH3 is 2. The number of nitrogens with one attached hydrogen (secondary N) is 2. The second-order valence-corrected chi connectivity index (χ2v) is 8.61. The SMILES string of the molecule is COc1cc(-c2cc(=O)c3c(O)cc(O)cc3o2)cc(OC)c1OC(=O)N[C@@H](C)C(=O)NC(CCC(=O)O)C(=O)O. The molecule has 0 fully saturated rings. The molecule has 3 rings (SSSR count). The monoisotopic (exact) mass is 574 g/mol. The van der Waals surface area contributed by atoms with Crippen molar-refractivity contribution in [3.8, 4) is 40.1 Å². The molecule has 0 aliphatic carbocycles. The minimum atomic E-state index is -1.49. The van der Waals surface area contributed by atoms with Crippen LogP contribution in [-0.2, 0) is 14.4 Å². The lowest BCUT2D eigenvalue weighted by atomic mass is 10.1. The van der Waals surface area contributed by atoms with Crippen LogP contribution in [0.4, 0.5) is 4.79 Å². The fourth-order valence-corrected chi connectivity index (χ4v) is 3.71. The highest BCUT2D eigenvalue weighted by atomic mass is 16.6. The van der Waals surface area contributed by atoms with Gasteiger partial charge in [0.05, 0.1) is 14.2 Å². The van der Waals surface area contributed by atoms with E-state index in [9.17, 15) is 39.3 Å². The van der Waals surface area contributed by atoms with Crippen molar-refractivity contribution in [3.05, 3.63) is 40.6 Å². The normalized spacial score (nSPS) is 12.2. The van der Waals surface area contributed by atoms with Crippen molar-refractivity contribution in [1.82, 2.24) is 10.6 Å². The summed E-state index contributed by atoms with van der Waals surface area (Å²) in [7, 11) is 2.52. The number of carbonyl (C=O) groups excluding carboxylic acids is 2. The zero-order valence-electron chi connectivity index (χ0n) is 21.9. The van der Waals surface area contributed by atoms with Gasteiger partial charge in [0.25, 0.3) is 0 Å². The van der Waals surface area contributed by atoms with Crippen molar-refractivity contribution in [3.63, 3.8) is 0 Å². The minimum Gasteiger partial charge on any atom is -0.508 e. The summed E-state index contributed by atoms with van der Waals surface area (Å²) in [4.78, 5) is 59.6. The third kappa shape index (κ3) is 7.14. The van der Waals surface area contributed by atoms with E-state index in [0.29, 0.717) is 0 Å². The molecule has 2 amide bonds. The maximum Gasteiger partial charge on any atom is 0.413 e. The molecule has 218 valence electrons. The summed E-state index contributed by atoms with van der Waals surface area (Å²) in [6, 6.07) is 3.18. The van der Waals surface area contributed by atoms with Crippen LogP contribution in [0, 0.1) is 0 Å². The van der Waals surface area contributed by atoms with E-state index in [1.54, 1.807) is 0 Å². The molecule has 0 saturated heterocycles. The summed E-state index contributed by atoms with van der Waals surface area (Å²) in [6.07, 6.45) is -2.00. The number of ether oxygens (including phenoxy) is 3. The van der Waals surface area contributed by atoms with Crippen LogP contribution in [0.3, 0.4) is 0 Å². The lowest BCUT2D eigenvalue weighted by Gasteiger charge is -2.19. The first-order valence-corrected chi connectivity index (χ1v) is 11.8. The van der Waals surface area contributed by atoms with Crippen LogP contribution in [0.15, 0.2) is 39.5 Å². The van der Waals surface area contributed by atoms with Gasteiger partial charge in [0.1, 0.15) is 40.3 Å². The predicted molar refractivity (Wildman–Crippen MR) is 139 cm³/mol. The summed E-state index contributed by atoms with van der Waals surface area (Å²) in [6.45, 7) is 1.25. The summed E-state index contributed by atoms with van der Waals surface area (Å²) >= 11 is 0. The highest BCUT2D eigenvalue weighted by molar-refractivity contribution is 5.90. The Balaban J connectivity index is 1.83. The molecule has 2 atom stereocenters. The number of carboxylic acids is 2. The van der Waals surface area contributed by atoms with Crippen LogP contribution in [0.5, 0.6) is 28.7 Å². The number of carbonyl (C=O) groups is 4. The van der Waals surface area contributed by atoms with E-state index in [-0.39, 0.29) is 51.7 Å². The van der Waals surface area contributed by atoms with Crippen molar-refractivity contribution in [1.29, 1.82) is 0 Å². The van der Waals surface area contributed by atoms with Gasteiger partial charge >= 0.3 is 18.0 Å². The molecule has 0 aliphatic heterocycles. The quantitative estimate of drug-likeness (QED) is 0.192. The Bertz CT molecular complexity index is 1540. The number of carboxylic acid groups (broad SMARTS) is 2. The third-order valence-electron chi connectivity index (χ3n) is 5.72. The van der Waals surface area contributed by atoms with Gasteiger partial charge in [-0.25, -0.2) is 9.59 Å². The van der Waals surface area contributed by atoms with E-state index < -0.39 is 53.6 Å². The molecule has 0 bridgehead atoms. The van der Waals surface area contributed by atoms with Gasteiger partial charge in [0.15, 0.2) is 16.9 Å². The highest BCUT2D eigenvalue weighted by Gasteiger charge is 2.26. The Morgan fingerprint density at radius 3 is 2.15 bits per heavy atom. The van der Waals surface area contributed by atoms with Gasteiger partial charge in [-0.15, -0.1) is 0 Å². The van der Waals surface area contributed by atoms with Crippen LogP contribution in [0.25, 0.3) is 22.3 Å². The number of amides is 2. The average Bonchev–Trinajstić information content (AvgIpc) is 2.89. The van der Waals surface area contributed by atoms with Crippen molar-refractivity contribution in [2.75, 3.05) is 14.2 Å². The first-order valence-electron chi connectivity index (χ1n) is 11.8. The van der Waals surface area contributed by atoms with Crippen molar-refractivity contribution in [2.24, 2.45) is 0 Å².